The molecule has 0 saturated heterocycles. The minimum atomic E-state index is -0.840. The summed E-state index contributed by atoms with van der Waals surface area (Å²) in [7, 11) is 0. The van der Waals surface area contributed by atoms with Crippen molar-refractivity contribution in [3.05, 3.63) is 18.2 Å². The summed E-state index contributed by atoms with van der Waals surface area (Å²) in [5.74, 6) is -0.546. The lowest BCUT2D eigenvalue weighted by Gasteiger charge is -2.23. The monoisotopic (exact) mass is 211 g/mol. The molecular weight excluding hydrogens is 197 g/mol. The summed E-state index contributed by atoms with van der Waals surface area (Å²) in [6.45, 7) is 3.44. The Morgan fingerprint density at radius 1 is 1.67 bits per heavy atom. The average molecular weight is 211 g/mol. The smallest absolute Gasteiger partial charge is 0.247 e. The molecule has 5 heteroatoms. The molecule has 1 aliphatic rings. The molecule has 1 N–H and O–H groups in total. The highest BCUT2D eigenvalue weighted by Crippen LogP contribution is 2.22. The van der Waals surface area contributed by atoms with E-state index in [1.807, 2.05) is 0 Å². The van der Waals surface area contributed by atoms with Gasteiger partial charge in [-0.15, -0.1) is 0 Å². The second-order valence-corrected chi connectivity index (χ2v) is 4.41. The maximum absolute atomic E-state index is 12.8. The Balaban J connectivity index is 2.13. The molecule has 0 aromatic carbocycles. The first-order valence-electron chi connectivity index (χ1n) is 5.02. The fourth-order valence-corrected chi connectivity index (χ4v) is 1.30. The second-order valence-electron chi connectivity index (χ2n) is 4.41. The van der Waals surface area contributed by atoms with Gasteiger partial charge >= 0.3 is 0 Å². The van der Waals surface area contributed by atoms with Gasteiger partial charge in [-0.1, -0.05) is 0 Å². The van der Waals surface area contributed by atoms with Crippen LogP contribution in [0, 0.1) is 5.82 Å². The molecule has 0 radical (unpaired) electrons. The molecule has 0 unspecified atom stereocenters. The zero-order chi connectivity index (χ0) is 11.1. The van der Waals surface area contributed by atoms with Gasteiger partial charge in [0, 0.05) is 6.04 Å². The Hall–Kier alpha value is -1.39. The normalized spacial score (nSPS) is 16.5. The SMILES string of the molecule is CC(C)(C(=O)NC1CC1)n1cc(F)cn1. The molecule has 1 heterocycles. The third-order valence-electron chi connectivity index (χ3n) is 2.59. The van der Waals surface area contributed by atoms with E-state index in [0.29, 0.717) is 6.04 Å². The minimum Gasteiger partial charge on any atom is -0.351 e. The van der Waals surface area contributed by atoms with E-state index >= 15 is 0 Å². The first kappa shape index (κ1) is 10.1. The number of halogens is 1. The van der Waals surface area contributed by atoms with E-state index < -0.39 is 11.4 Å². The van der Waals surface area contributed by atoms with Gasteiger partial charge in [-0.05, 0) is 26.7 Å². The summed E-state index contributed by atoms with van der Waals surface area (Å²) in [5.41, 5.74) is -0.840. The quantitative estimate of drug-likeness (QED) is 0.811. The lowest BCUT2D eigenvalue weighted by atomic mass is 10.1. The number of aromatic nitrogens is 2. The van der Waals surface area contributed by atoms with Crippen LogP contribution in [0.1, 0.15) is 26.7 Å². The Kier molecular flexibility index (Phi) is 2.25. The third kappa shape index (κ3) is 2.00. The molecule has 15 heavy (non-hydrogen) atoms. The lowest BCUT2D eigenvalue weighted by molar-refractivity contribution is -0.129. The van der Waals surface area contributed by atoms with E-state index in [9.17, 15) is 9.18 Å². The van der Waals surface area contributed by atoms with Crippen LogP contribution in [0.5, 0.6) is 0 Å². The summed E-state index contributed by atoms with van der Waals surface area (Å²) < 4.78 is 14.1. The molecule has 1 fully saturated rings. The predicted molar refractivity (Wildman–Crippen MR) is 52.7 cm³/mol. The summed E-state index contributed by atoms with van der Waals surface area (Å²) in [6, 6.07) is 0.303. The fraction of sp³-hybridized carbons (Fsp3) is 0.600. The Morgan fingerprint density at radius 3 is 2.80 bits per heavy atom. The van der Waals surface area contributed by atoms with Crippen molar-refractivity contribution in [2.45, 2.75) is 38.3 Å². The minimum absolute atomic E-state index is 0.117. The molecule has 1 aliphatic carbocycles. The molecule has 4 nitrogen and oxygen atoms in total. The fourth-order valence-electron chi connectivity index (χ4n) is 1.30. The van der Waals surface area contributed by atoms with Gasteiger partial charge in [0.25, 0.3) is 0 Å². The van der Waals surface area contributed by atoms with Crippen molar-refractivity contribution in [2.75, 3.05) is 0 Å². The summed E-state index contributed by atoms with van der Waals surface area (Å²) >= 11 is 0. The highest BCUT2D eigenvalue weighted by Gasteiger charge is 2.34. The van der Waals surface area contributed by atoms with Crippen LogP contribution in [0.25, 0.3) is 0 Å². The van der Waals surface area contributed by atoms with Gasteiger partial charge < -0.3 is 5.32 Å². The van der Waals surface area contributed by atoms with Crippen molar-refractivity contribution < 1.29 is 9.18 Å². The van der Waals surface area contributed by atoms with Gasteiger partial charge in [-0.25, -0.2) is 4.39 Å². The van der Waals surface area contributed by atoms with E-state index in [1.165, 1.54) is 10.9 Å². The van der Waals surface area contributed by atoms with E-state index in [0.717, 1.165) is 19.0 Å². The maximum Gasteiger partial charge on any atom is 0.247 e. The van der Waals surface area contributed by atoms with Crippen molar-refractivity contribution in [2.24, 2.45) is 0 Å². The third-order valence-corrected chi connectivity index (χ3v) is 2.59. The van der Waals surface area contributed by atoms with Crippen LogP contribution >= 0.6 is 0 Å². The molecule has 0 bridgehead atoms. The van der Waals surface area contributed by atoms with Crippen molar-refractivity contribution in [1.29, 1.82) is 0 Å². The number of amides is 1. The molecule has 82 valence electrons. The summed E-state index contributed by atoms with van der Waals surface area (Å²) in [6.07, 6.45) is 4.41. The van der Waals surface area contributed by atoms with Gasteiger partial charge in [0.05, 0.1) is 12.4 Å². The molecule has 2 rings (SSSR count). The van der Waals surface area contributed by atoms with Crippen molar-refractivity contribution in [3.63, 3.8) is 0 Å². The Morgan fingerprint density at radius 2 is 2.33 bits per heavy atom. The van der Waals surface area contributed by atoms with Crippen molar-refractivity contribution in [3.8, 4) is 0 Å². The largest absolute Gasteiger partial charge is 0.351 e. The van der Waals surface area contributed by atoms with Crippen LogP contribution in [0.2, 0.25) is 0 Å². The summed E-state index contributed by atoms with van der Waals surface area (Å²) in [4.78, 5) is 11.8. The van der Waals surface area contributed by atoms with Gasteiger partial charge in [-0.3, -0.25) is 9.48 Å². The van der Waals surface area contributed by atoms with E-state index in [4.69, 9.17) is 0 Å². The topological polar surface area (TPSA) is 46.9 Å². The van der Waals surface area contributed by atoms with Crippen LogP contribution in [0.4, 0.5) is 4.39 Å². The van der Waals surface area contributed by atoms with E-state index in [-0.39, 0.29) is 5.91 Å². The number of nitrogens with zero attached hydrogens (tertiary/aromatic N) is 2. The van der Waals surface area contributed by atoms with Crippen LogP contribution in [-0.4, -0.2) is 21.7 Å². The van der Waals surface area contributed by atoms with Crippen LogP contribution in [0.3, 0.4) is 0 Å². The van der Waals surface area contributed by atoms with E-state index in [2.05, 4.69) is 10.4 Å². The number of carbonyl (C=O) groups is 1. The molecule has 0 aliphatic heterocycles. The standard InChI is InChI=1S/C10H14FN3O/c1-10(2,9(15)13-8-3-4-8)14-6-7(11)5-12-14/h5-6,8H,3-4H2,1-2H3,(H,13,15). The maximum atomic E-state index is 12.8. The molecule has 0 atom stereocenters. The Bertz CT molecular complexity index is 382. The zero-order valence-corrected chi connectivity index (χ0v) is 8.83. The Labute approximate surface area is 87.5 Å². The van der Waals surface area contributed by atoms with Crippen molar-refractivity contribution >= 4 is 5.91 Å². The van der Waals surface area contributed by atoms with Gasteiger partial charge in [-0.2, -0.15) is 5.10 Å². The van der Waals surface area contributed by atoms with Gasteiger partial charge in [0.2, 0.25) is 5.91 Å². The van der Waals surface area contributed by atoms with Gasteiger partial charge in [0.15, 0.2) is 5.82 Å². The first-order valence-corrected chi connectivity index (χ1v) is 5.02. The number of rotatable bonds is 3. The highest BCUT2D eigenvalue weighted by atomic mass is 19.1. The molecular formula is C10H14FN3O. The first-order chi connectivity index (χ1) is 7.00. The van der Waals surface area contributed by atoms with Crippen molar-refractivity contribution in [1.82, 2.24) is 15.1 Å². The number of hydrogen-bond acceptors (Lipinski definition) is 2. The number of carbonyl (C=O) groups excluding carboxylic acids is 1. The van der Waals surface area contributed by atoms with Crippen LogP contribution < -0.4 is 5.32 Å². The lowest BCUT2D eigenvalue weighted by Crippen LogP contribution is -2.45. The molecule has 1 aromatic heterocycles. The average Bonchev–Trinajstić information content (AvgIpc) is 2.86. The molecule has 1 aromatic rings. The van der Waals surface area contributed by atoms with E-state index in [1.54, 1.807) is 13.8 Å². The molecule has 0 spiro atoms. The van der Waals surface area contributed by atoms with Gasteiger partial charge in [0.1, 0.15) is 5.54 Å². The zero-order valence-electron chi connectivity index (χ0n) is 8.83. The van der Waals surface area contributed by atoms with Crippen LogP contribution in [0.15, 0.2) is 12.4 Å². The molecule has 1 amide bonds. The number of nitrogens with one attached hydrogen (secondary N) is 1. The van der Waals surface area contributed by atoms with Crippen LogP contribution in [-0.2, 0) is 10.3 Å². The predicted octanol–water partition coefficient (Wildman–Crippen LogP) is 1.04. The number of hydrogen-bond donors (Lipinski definition) is 1. The molecule has 1 saturated carbocycles. The highest BCUT2D eigenvalue weighted by molar-refractivity contribution is 5.83. The summed E-state index contributed by atoms with van der Waals surface area (Å²) in [5, 5.41) is 6.70. The second kappa shape index (κ2) is 3.32.